The van der Waals surface area contributed by atoms with Gasteiger partial charge in [-0.25, -0.2) is 4.79 Å². The Labute approximate surface area is 262 Å². The number of aromatic amines is 1. The van der Waals surface area contributed by atoms with Gasteiger partial charge in [-0.15, -0.1) is 0 Å². The van der Waals surface area contributed by atoms with Crippen LogP contribution in [0.5, 0.6) is 0 Å². The second-order valence-corrected chi connectivity index (χ2v) is 12.4. The molecule has 244 valence electrons. The minimum Gasteiger partial charge on any atom is -0.480 e. The number of likely N-dealkylation sites (tertiary alicyclic amines) is 1. The van der Waals surface area contributed by atoms with E-state index in [0.29, 0.717) is 32.4 Å². The Morgan fingerprint density at radius 3 is 2.07 bits per heavy atom. The topological polar surface area (TPSA) is 132 Å². The smallest absolute Gasteiger partial charge is 0.326 e. The summed E-state index contributed by atoms with van der Waals surface area (Å²) in [5.41, 5.74) is 1.67. The van der Waals surface area contributed by atoms with Gasteiger partial charge in [0.25, 0.3) is 0 Å². The summed E-state index contributed by atoms with van der Waals surface area (Å²) in [4.78, 5) is 54.5. The Balaban J connectivity index is 1.23. The Morgan fingerprint density at radius 2 is 1.48 bits per heavy atom. The molecule has 4 N–H and O–H groups in total. The number of benzene rings is 1. The largest absolute Gasteiger partial charge is 0.480 e. The first-order chi connectivity index (χ1) is 21.4. The number of carboxylic acids is 1. The third-order valence-corrected chi connectivity index (χ3v) is 8.79. The highest BCUT2D eigenvalue weighted by Crippen LogP contribution is 2.19. The van der Waals surface area contributed by atoms with Gasteiger partial charge < -0.3 is 25.6 Å². The summed E-state index contributed by atoms with van der Waals surface area (Å²) in [6, 6.07) is 8.56. The van der Waals surface area contributed by atoms with Gasteiger partial charge in [-0.2, -0.15) is 0 Å². The van der Waals surface area contributed by atoms with Crippen molar-refractivity contribution in [3.63, 3.8) is 0 Å². The monoisotopic (exact) mass is 610 g/mol. The molecule has 1 aliphatic rings. The Morgan fingerprint density at radius 1 is 0.886 bits per heavy atom. The van der Waals surface area contributed by atoms with E-state index in [1.807, 2.05) is 30.3 Å². The zero-order valence-electron chi connectivity index (χ0n) is 26.7. The Kier molecular flexibility index (Phi) is 15.8. The molecule has 1 aromatic carbocycles. The Hall–Kier alpha value is -3.36. The van der Waals surface area contributed by atoms with Gasteiger partial charge in [0, 0.05) is 43.1 Å². The van der Waals surface area contributed by atoms with Crippen LogP contribution in [0.1, 0.15) is 115 Å². The zero-order valence-corrected chi connectivity index (χ0v) is 26.7. The molecular weight excluding hydrogens is 556 g/mol. The van der Waals surface area contributed by atoms with Crippen LogP contribution in [0.4, 0.5) is 0 Å². The lowest BCUT2D eigenvalue weighted by Gasteiger charge is -2.32. The first-order valence-electron chi connectivity index (χ1n) is 17.0. The molecular formula is C35H54N4O5. The van der Waals surface area contributed by atoms with Gasteiger partial charge in [0.15, 0.2) is 0 Å². The van der Waals surface area contributed by atoms with Crippen molar-refractivity contribution in [2.45, 2.75) is 122 Å². The van der Waals surface area contributed by atoms with E-state index in [-0.39, 0.29) is 36.6 Å². The van der Waals surface area contributed by atoms with Crippen molar-refractivity contribution >= 4 is 34.6 Å². The van der Waals surface area contributed by atoms with E-state index in [2.05, 4.69) is 22.5 Å². The van der Waals surface area contributed by atoms with Crippen LogP contribution in [0.15, 0.2) is 30.3 Å². The molecule has 1 atom stereocenters. The zero-order chi connectivity index (χ0) is 31.6. The molecule has 9 heteroatoms. The van der Waals surface area contributed by atoms with Crippen molar-refractivity contribution in [2.75, 3.05) is 19.6 Å². The quantitative estimate of drug-likeness (QED) is 0.127. The maximum atomic E-state index is 12.9. The summed E-state index contributed by atoms with van der Waals surface area (Å²) in [5.74, 6) is -1.98. The number of rotatable bonds is 21. The van der Waals surface area contributed by atoms with E-state index >= 15 is 0 Å². The van der Waals surface area contributed by atoms with Crippen LogP contribution in [-0.2, 0) is 25.6 Å². The van der Waals surface area contributed by atoms with Gasteiger partial charge in [-0.05, 0) is 36.8 Å². The maximum absolute atomic E-state index is 12.9. The average Bonchev–Trinajstić information content (AvgIpc) is 3.44. The molecule has 9 nitrogen and oxygen atoms in total. The summed E-state index contributed by atoms with van der Waals surface area (Å²) in [6.07, 6.45) is 17.9. The minimum absolute atomic E-state index is 0.0280. The molecule has 0 radical (unpaired) electrons. The number of carboxylic acid groups (broad SMARTS) is 1. The lowest BCUT2D eigenvalue weighted by molar-refractivity contribution is -0.143. The van der Waals surface area contributed by atoms with Gasteiger partial charge in [0.05, 0.1) is 6.54 Å². The van der Waals surface area contributed by atoms with Gasteiger partial charge in [0.2, 0.25) is 17.7 Å². The average molecular weight is 611 g/mol. The van der Waals surface area contributed by atoms with E-state index in [1.54, 1.807) is 4.90 Å². The third kappa shape index (κ3) is 12.7. The summed E-state index contributed by atoms with van der Waals surface area (Å²) in [6.45, 7) is 3.04. The fraction of sp³-hybridized carbons (Fsp3) is 0.657. The number of carbonyl (C=O) groups excluding carboxylic acids is 3. The SMILES string of the molecule is CCCCCCCCCCCCCCCC(=O)NCC(=O)N1CCC(C(=O)N[C@@H](Cc2cc3ccccc3[nH]2)C(=O)O)CC1. The number of para-hydroxylation sites is 1. The van der Waals surface area contributed by atoms with Gasteiger partial charge in [-0.1, -0.05) is 102 Å². The van der Waals surface area contributed by atoms with Crippen molar-refractivity contribution in [1.29, 1.82) is 0 Å². The highest BCUT2D eigenvalue weighted by atomic mass is 16.4. The molecule has 44 heavy (non-hydrogen) atoms. The summed E-state index contributed by atoms with van der Waals surface area (Å²) >= 11 is 0. The molecule has 1 aromatic heterocycles. The standard InChI is InChI=1S/C35H54N4O5/c1-2-3-4-5-6-7-8-9-10-11-12-13-14-19-32(40)36-26-33(41)39-22-20-27(21-23-39)34(42)38-31(35(43)44)25-29-24-28-17-15-16-18-30(28)37-29/h15-18,24,27,31,37H,2-14,19-23,25-26H2,1H3,(H,36,40)(H,38,42)(H,43,44)/t31-/m0/s1. The molecule has 3 amide bonds. The molecule has 2 heterocycles. The number of aromatic nitrogens is 1. The summed E-state index contributed by atoms with van der Waals surface area (Å²) < 4.78 is 0. The molecule has 0 spiro atoms. The minimum atomic E-state index is -1.08. The maximum Gasteiger partial charge on any atom is 0.326 e. The van der Waals surface area contributed by atoms with E-state index in [9.17, 15) is 24.3 Å². The first kappa shape index (κ1) is 35.1. The van der Waals surface area contributed by atoms with Crippen LogP contribution in [0.25, 0.3) is 10.9 Å². The van der Waals surface area contributed by atoms with Crippen LogP contribution in [0.2, 0.25) is 0 Å². The normalized spacial score (nSPS) is 14.4. The Bertz CT molecular complexity index is 1140. The number of piperidine rings is 1. The molecule has 3 rings (SSSR count). The lowest BCUT2D eigenvalue weighted by Crippen LogP contribution is -2.49. The highest BCUT2D eigenvalue weighted by Gasteiger charge is 2.30. The number of H-pyrrole nitrogens is 1. The number of nitrogens with zero attached hydrogens (tertiary/aromatic N) is 1. The van der Waals surface area contributed by atoms with Crippen LogP contribution in [0, 0.1) is 5.92 Å². The molecule has 0 unspecified atom stereocenters. The van der Waals surface area contributed by atoms with E-state index < -0.39 is 12.0 Å². The molecule has 1 aliphatic heterocycles. The lowest BCUT2D eigenvalue weighted by atomic mass is 9.95. The number of fused-ring (bicyclic) bond motifs is 1. The molecule has 0 bridgehead atoms. The van der Waals surface area contributed by atoms with Crippen molar-refractivity contribution in [1.82, 2.24) is 20.5 Å². The van der Waals surface area contributed by atoms with Crippen LogP contribution in [0.3, 0.4) is 0 Å². The third-order valence-electron chi connectivity index (χ3n) is 8.79. The van der Waals surface area contributed by atoms with Crippen LogP contribution >= 0.6 is 0 Å². The van der Waals surface area contributed by atoms with Crippen molar-refractivity contribution in [3.8, 4) is 0 Å². The van der Waals surface area contributed by atoms with Gasteiger partial charge in [0.1, 0.15) is 6.04 Å². The van der Waals surface area contributed by atoms with E-state index in [0.717, 1.165) is 35.9 Å². The van der Waals surface area contributed by atoms with Gasteiger partial charge in [-0.3, -0.25) is 14.4 Å². The predicted molar refractivity (Wildman–Crippen MR) is 174 cm³/mol. The second-order valence-electron chi connectivity index (χ2n) is 12.4. The molecule has 0 saturated carbocycles. The van der Waals surface area contributed by atoms with Crippen molar-refractivity contribution < 1.29 is 24.3 Å². The molecule has 1 fully saturated rings. The van der Waals surface area contributed by atoms with Gasteiger partial charge >= 0.3 is 5.97 Å². The molecule has 2 aromatic rings. The predicted octanol–water partition coefficient (Wildman–Crippen LogP) is 6.12. The van der Waals surface area contributed by atoms with Crippen LogP contribution < -0.4 is 10.6 Å². The summed E-state index contributed by atoms with van der Waals surface area (Å²) in [7, 11) is 0. The number of unbranched alkanes of at least 4 members (excludes halogenated alkanes) is 12. The van der Waals surface area contributed by atoms with E-state index in [4.69, 9.17) is 0 Å². The number of hydrogen-bond donors (Lipinski definition) is 4. The highest BCUT2D eigenvalue weighted by molar-refractivity contribution is 5.87. The number of aliphatic carboxylic acids is 1. The van der Waals surface area contributed by atoms with Crippen molar-refractivity contribution in [2.24, 2.45) is 5.92 Å². The number of hydrogen-bond acceptors (Lipinski definition) is 4. The first-order valence-corrected chi connectivity index (χ1v) is 17.0. The number of carbonyl (C=O) groups is 4. The van der Waals surface area contributed by atoms with Crippen LogP contribution in [-0.4, -0.2) is 64.4 Å². The molecule has 1 saturated heterocycles. The summed E-state index contributed by atoms with van der Waals surface area (Å²) in [5, 5.41) is 16.2. The number of nitrogens with one attached hydrogen (secondary N) is 3. The fourth-order valence-corrected chi connectivity index (χ4v) is 6.02. The fourth-order valence-electron chi connectivity index (χ4n) is 6.02. The van der Waals surface area contributed by atoms with Crippen molar-refractivity contribution in [3.05, 3.63) is 36.0 Å². The second kappa shape index (κ2) is 19.8. The number of amides is 3. The molecule has 0 aliphatic carbocycles. The van der Waals surface area contributed by atoms with E-state index in [1.165, 1.54) is 64.2 Å².